The van der Waals surface area contributed by atoms with Crippen LogP contribution in [0.5, 0.6) is 0 Å². The Balaban J connectivity index is 1.45. The summed E-state index contributed by atoms with van der Waals surface area (Å²) in [7, 11) is 0. The van der Waals surface area contributed by atoms with E-state index in [0.29, 0.717) is 11.3 Å². The van der Waals surface area contributed by atoms with Crippen LogP contribution in [0.4, 0.5) is 5.69 Å². The maximum Gasteiger partial charge on any atom is 0.338 e. The molecule has 0 unspecified atom stereocenters. The largest absolute Gasteiger partial charge is 0.459 e. The molecule has 7 heteroatoms. The third-order valence-corrected chi connectivity index (χ3v) is 4.68. The summed E-state index contributed by atoms with van der Waals surface area (Å²) >= 11 is 0. The number of esters is 1. The predicted molar refractivity (Wildman–Crippen MR) is 103 cm³/mol. The molecule has 3 rings (SSSR count). The van der Waals surface area contributed by atoms with Crippen molar-refractivity contribution in [2.75, 3.05) is 11.9 Å². The number of hydrogen-bond acceptors (Lipinski definition) is 5. The van der Waals surface area contributed by atoms with Crippen LogP contribution in [0.15, 0.2) is 47.1 Å². The van der Waals surface area contributed by atoms with Gasteiger partial charge in [0, 0.05) is 11.7 Å². The average Bonchev–Trinajstić information content (AvgIpc) is 3.13. The van der Waals surface area contributed by atoms with Crippen molar-refractivity contribution in [2.45, 2.75) is 44.6 Å². The first kappa shape index (κ1) is 19.7. The van der Waals surface area contributed by atoms with Crippen LogP contribution in [0.25, 0.3) is 0 Å². The van der Waals surface area contributed by atoms with Crippen molar-refractivity contribution >= 4 is 23.5 Å². The van der Waals surface area contributed by atoms with Gasteiger partial charge in [-0.2, -0.15) is 0 Å². The van der Waals surface area contributed by atoms with Crippen molar-refractivity contribution in [3.05, 3.63) is 54.0 Å². The van der Waals surface area contributed by atoms with Crippen LogP contribution in [0.3, 0.4) is 0 Å². The van der Waals surface area contributed by atoms with Gasteiger partial charge in [-0.1, -0.05) is 25.7 Å². The highest BCUT2D eigenvalue weighted by Gasteiger charge is 2.16. The molecule has 2 aromatic rings. The van der Waals surface area contributed by atoms with E-state index in [1.54, 1.807) is 24.3 Å². The topological polar surface area (TPSA) is 97.6 Å². The van der Waals surface area contributed by atoms with Gasteiger partial charge in [0.15, 0.2) is 12.4 Å². The standard InChI is InChI=1S/C21H24N2O5/c24-19(22-16-6-3-1-2-4-7-16)14-28-21(26)15-9-11-17(12-10-15)23-20(25)18-8-5-13-27-18/h5,8-13,16H,1-4,6-7,14H2,(H,22,24)(H,23,25). The summed E-state index contributed by atoms with van der Waals surface area (Å²) in [5, 5.41) is 5.60. The second kappa shape index (κ2) is 9.73. The van der Waals surface area contributed by atoms with Crippen LogP contribution in [-0.2, 0) is 9.53 Å². The third kappa shape index (κ3) is 5.70. The molecule has 1 aromatic heterocycles. The van der Waals surface area contributed by atoms with Crippen molar-refractivity contribution in [1.29, 1.82) is 0 Å². The lowest BCUT2D eigenvalue weighted by Crippen LogP contribution is -2.37. The lowest BCUT2D eigenvalue weighted by Gasteiger charge is -2.16. The zero-order valence-electron chi connectivity index (χ0n) is 15.6. The summed E-state index contributed by atoms with van der Waals surface area (Å²) in [5.74, 6) is -1.04. The van der Waals surface area contributed by atoms with Gasteiger partial charge in [-0.05, 0) is 49.2 Å². The summed E-state index contributed by atoms with van der Waals surface area (Å²) in [5.41, 5.74) is 0.822. The summed E-state index contributed by atoms with van der Waals surface area (Å²) < 4.78 is 10.1. The fourth-order valence-electron chi connectivity index (χ4n) is 3.20. The summed E-state index contributed by atoms with van der Waals surface area (Å²) in [6.07, 6.45) is 8.02. The molecule has 1 heterocycles. The quantitative estimate of drug-likeness (QED) is 0.586. The van der Waals surface area contributed by atoms with Gasteiger partial charge < -0.3 is 19.8 Å². The highest BCUT2D eigenvalue weighted by Crippen LogP contribution is 2.17. The van der Waals surface area contributed by atoms with E-state index in [-0.39, 0.29) is 30.2 Å². The van der Waals surface area contributed by atoms with Crippen molar-refractivity contribution < 1.29 is 23.5 Å². The van der Waals surface area contributed by atoms with Gasteiger partial charge in [0.25, 0.3) is 11.8 Å². The third-order valence-electron chi connectivity index (χ3n) is 4.68. The Labute approximate surface area is 163 Å². The van der Waals surface area contributed by atoms with Gasteiger partial charge in [-0.3, -0.25) is 9.59 Å². The predicted octanol–water partition coefficient (Wildman–Crippen LogP) is 3.53. The Kier molecular flexibility index (Phi) is 6.84. The molecule has 0 saturated heterocycles. The number of ether oxygens (including phenoxy) is 1. The summed E-state index contributed by atoms with van der Waals surface area (Å²) in [6.45, 7) is -0.299. The Hall–Kier alpha value is -3.09. The molecule has 7 nitrogen and oxygen atoms in total. The van der Waals surface area contributed by atoms with Crippen molar-refractivity contribution in [2.24, 2.45) is 0 Å². The molecular formula is C21H24N2O5. The molecule has 1 aliphatic carbocycles. The van der Waals surface area contributed by atoms with E-state index in [0.717, 1.165) is 25.7 Å². The number of nitrogens with one attached hydrogen (secondary N) is 2. The van der Waals surface area contributed by atoms with Crippen LogP contribution < -0.4 is 10.6 Å². The maximum absolute atomic E-state index is 12.1. The highest BCUT2D eigenvalue weighted by atomic mass is 16.5. The molecule has 0 spiro atoms. The number of hydrogen-bond donors (Lipinski definition) is 2. The van der Waals surface area contributed by atoms with Crippen LogP contribution in [0.2, 0.25) is 0 Å². The first-order chi connectivity index (χ1) is 13.6. The molecule has 0 radical (unpaired) electrons. The first-order valence-electron chi connectivity index (χ1n) is 9.53. The SMILES string of the molecule is O=C(COC(=O)c1ccc(NC(=O)c2ccco2)cc1)NC1CCCCCC1. The van der Waals surface area contributed by atoms with Gasteiger partial charge in [0.1, 0.15) is 0 Å². The number of benzene rings is 1. The van der Waals surface area contributed by atoms with Gasteiger partial charge >= 0.3 is 5.97 Å². The lowest BCUT2D eigenvalue weighted by atomic mass is 10.1. The average molecular weight is 384 g/mol. The van der Waals surface area contributed by atoms with Gasteiger partial charge in [-0.25, -0.2) is 4.79 Å². The highest BCUT2D eigenvalue weighted by molar-refractivity contribution is 6.02. The summed E-state index contributed by atoms with van der Waals surface area (Å²) in [6, 6.07) is 9.59. The molecule has 148 valence electrons. The minimum absolute atomic E-state index is 0.172. The van der Waals surface area contributed by atoms with Crippen molar-refractivity contribution in [3.63, 3.8) is 0 Å². The Morgan fingerprint density at radius 3 is 2.36 bits per heavy atom. The number of anilines is 1. The molecule has 0 atom stereocenters. The minimum Gasteiger partial charge on any atom is -0.459 e. The van der Waals surface area contributed by atoms with E-state index in [4.69, 9.17) is 9.15 Å². The minimum atomic E-state index is -0.583. The van der Waals surface area contributed by atoms with E-state index in [9.17, 15) is 14.4 Å². The number of furan rings is 1. The van der Waals surface area contributed by atoms with Crippen molar-refractivity contribution in [3.8, 4) is 0 Å². The molecule has 0 aliphatic heterocycles. The second-order valence-electron chi connectivity index (χ2n) is 6.84. The Morgan fingerprint density at radius 1 is 1.00 bits per heavy atom. The fraction of sp³-hybridized carbons (Fsp3) is 0.381. The molecule has 1 aromatic carbocycles. The van der Waals surface area contributed by atoms with E-state index in [2.05, 4.69) is 10.6 Å². The molecule has 1 saturated carbocycles. The molecule has 1 fully saturated rings. The molecule has 0 bridgehead atoms. The number of rotatable bonds is 6. The number of carbonyl (C=O) groups excluding carboxylic acids is 3. The van der Waals surface area contributed by atoms with Crippen LogP contribution in [0, 0.1) is 0 Å². The zero-order chi connectivity index (χ0) is 19.8. The second-order valence-corrected chi connectivity index (χ2v) is 6.84. The molecule has 1 aliphatic rings. The maximum atomic E-state index is 12.1. The summed E-state index contributed by atoms with van der Waals surface area (Å²) in [4.78, 5) is 36.0. The van der Waals surface area contributed by atoms with Crippen LogP contribution in [0.1, 0.15) is 59.4 Å². The van der Waals surface area contributed by atoms with E-state index < -0.39 is 5.97 Å². The molecule has 2 N–H and O–H groups in total. The number of amides is 2. The Morgan fingerprint density at radius 2 is 1.71 bits per heavy atom. The zero-order valence-corrected chi connectivity index (χ0v) is 15.6. The Bertz CT molecular complexity index is 791. The van der Waals surface area contributed by atoms with E-state index in [1.165, 1.54) is 31.2 Å². The monoisotopic (exact) mass is 384 g/mol. The van der Waals surface area contributed by atoms with Crippen LogP contribution in [-0.4, -0.2) is 30.4 Å². The van der Waals surface area contributed by atoms with E-state index >= 15 is 0 Å². The lowest BCUT2D eigenvalue weighted by molar-refractivity contribution is -0.125. The van der Waals surface area contributed by atoms with Gasteiger partial charge in [0.05, 0.1) is 11.8 Å². The van der Waals surface area contributed by atoms with Crippen LogP contribution >= 0.6 is 0 Å². The van der Waals surface area contributed by atoms with Gasteiger partial charge in [0.2, 0.25) is 0 Å². The molecular weight excluding hydrogens is 360 g/mol. The number of carbonyl (C=O) groups is 3. The first-order valence-corrected chi connectivity index (χ1v) is 9.53. The normalized spacial score (nSPS) is 14.7. The smallest absolute Gasteiger partial charge is 0.338 e. The fourth-order valence-corrected chi connectivity index (χ4v) is 3.20. The molecule has 28 heavy (non-hydrogen) atoms. The van der Waals surface area contributed by atoms with E-state index in [1.807, 2.05) is 0 Å². The van der Waals surface area contributed by atoms with Gasteiger partial charge in [-0.15, -0.1) is 0 Å². The molecule has 2 amide bonds. The van der Waals surface area contributed by atoms with Crippen molar-refractivity contribution in [1.82, 2.24) is 5.32 Å².